The van der Waals surface area contributed by atoms with E-state index >= 15 is 0 Å². The second kappa shape index (κ2) is 10.3. The third kappa shape index (κ3) is 6.36. The molecule has 0 heterocycles. The van der Waals surface area contributed by atoms with Crippen molar-refractivity contribution in [2.75, 3.05) is 20.2 Å². The SMILES string of the molecule is CCOc1ccc(Cl)cc1S(=O)(=O)N(C)CC(=O)NC1CCCCCCC1. The van der Waals surface area contributed by atoms with Crippen molar-refractivity contribution in [2.24, 2.45) is 0 Å². The number of ether oxygens (including phenoxy) is 1. The Labute approximate surface area is 167 Å². The number of amides is 1. The molecule has 0 aromatic heterocycles. The molecule has 1 aliphatic rings. The Hall–Kier alpha value is -1.31. The minimum Gasteiger partial charge on any atom is -0.492 e. The number of carbonyl (C=O) groups excluding carboxylic acids is 1. The Morgan fingerprint density at radius 3 is 2.48 bits per heavy atom. The molecule has 8 heteroatoms. The Kier molecular flexibility index (Phi) is 8.38. The summed E-state index contributed by atoms with van der Waals surface area (Å²) in [6, 6.07) is 4.58. The number of hydrogen-bond donors (Lipinski definition) is 1. The van der Waals surface area contributed by atoms with Crippen LogP contribution < -0.4 is 10.1 Å². The molecule has 6 nitrogen and oxygen atoms in total. The fourth-order valence-corrected chi connectivity index (χ4v) is 4.80. The molecule has 1 amide bonds. The average Bonchev–Trinajstić information content (AvgIpc) is 2.58. The molecule has 1 aromatic rings. The molecular weight excluding hydrogens is 388 g/mol. The molecule has 1 aromatic carbocycles. The van der Waals surface area contributed by atoms with E-state index in [-0.39, 0.29) is 29.1 Å². The molecule has 2 rings (SSSR count). The summed E-state index contributed by atoms with van der Waals surface area (Å²) in [5.74, 6) is -0.0548. The maximum absolute atomic E-state index is 12.9. The molecule has 0 bridgehead atoms. The maximum Gasteiger partial charge on any atom is 0.247 e. The van der Waals surface area contributed by atoms with Crippen molar-refractivity contribution in [1.29, 1.82) is 0 Å². The van der Waals surface area contributed by atoms with Crippen LogP contribution in [-0.4, -0.2) is 44.9 Å². The maximum atomic E-state index is 12.9. The van der Waals surface area contributed by atoms with Crippen LogP contribution in [0.4, 0.5) is 0 Å². The third-order valence-electron chi connectivity index (χ3n) is 4.73. The van der Waals surface area contributed by atoms with Gasteiger partial charge in [0, 0.05) is 18.1 Å². The monoisotopic (exact) mass is 416 g/mol. The van der Waals surface area contributed by atoms with Crippen molar-refractivity contribution >= 4 is 27.5 Å². The summed E-state index contributed by atoms with van der Waals surface area (Å²) in [5.41, 5.74) is 0. The molecule has 1 saturated carbocycles. The predicted molar refractivity (Wildman–Crippen MR) is 107 cm³/mol. The molecule has 1 N–H and O–H groups in total. The molecule has 0 radical (unpaired) electrons. The highest BCUT2D eigenvalue weighted by Gasteiger charge is 2.27. The van der Waals surface area contributed by atoms with Crippen molar-refractivity contribution in [3.8, 4) is 5.75 Å². The first-order valence-electron chi connectivity index (χ1n) is 9.52. The van der Waals surface area contributed by atoms with Crippen molar-refractivity contribution in [2.45, 2.75) is 62.8 Å². The van der Waals surface area contributed by atoms with E-state index in [9.17, 15) is 13.2 Å². The van der Waals surface area contributed by atoms with Crippen molar-refractivity contribution < 1.29 is 17.9 Å². The summed E-state index contributed by atoms with van der Waals surface area (Å²) in [4.78, 5) is 12.4. The molecule has 1 fully saturated rings. The number of nitrogens with one attached hydrogen (secondary N) is 1. The van der Waals surface area contributed by atoms with Gasteiger partial charge in [-0.3, -0.25) is 4.79 Å². The topological polar surface area (TPSA) is 75.7 Å². The van der Waals surface area contributed by atoms with Gasteiger partial charge in [0.2, 0.25) is 15.9 Å². The zero-order valence-electron chi connectivity index (χ0n) is 16.0. The van der Waals surface area contributed by atoms with E-state index in [1.807, 2.05) is 0 Å². The summed E-state index contributed by atoms with van der Waals surface area (Å²) in [6.45, 7) is 1.87. The van der Waals surface area contributed by atoms with Crippen LogP contribution in [0.25, 0.3) is 0 Å². The largest absolute Gasteiger partial charge is 0.492 e. The molecule has 27 heavy (non-hydrogen) atoms. The van der Waals surface area contributed by atoms with Gasteiger partial charge in [0.05, 0.1) is 13.2 Å². The lowest BCUT2D eigenvalue weighted by Crippen LogP contribution is -2.43. The van der Waals surface area contributed by atoms with Crippen LogP contribution in [0.15, 0.2) is 23.1 Å². The van der Waals surface area contributed by atoms with E-state index in [1.165, 1.54) is 38.4 Å². The molecule has 0 aliphatic heterocycles. The number of benzene rings is 1. The molecule has 0 spiro atoms. The Balaban J connectivity index is 2.06. The van der Waals surface area contributed by atoms with Crippen LogP contribution in [0, 0.1) is 0 Å². The van der Waals surface area contributed by atoms with Crippen molar-refractivity contribution in [3.63, 3.8) is 0 Å². The average molecular weight is 417 g/mol. The minimum absolute atomic E-state index is 0.0295. The second-order valence-corrected chi connectivity index (χ2v) is 9.34. The zero-order chi connectivity index (χ0) is 19.9. The normalized spacial score (nSPS) is 16.6. The van der Waals surface area contributed by atoms with Crippen LogP contribution in [0.5, 0.6) is 5.75 Å². The van der Waals surface area contributed by atoms with Gasteiger partial charge in [0.1, 0.15) is 10.6 Å². The summed E-state index contributed by atoms with van der Waals surface area (Å²) >= 11 is 5.97. The van der Waals surface area contributed by atoms with Crippen LogP contribution in [0.3, 0.4) is 0 Å². The fraction of sp³-hybridized carbons (Fsp3) is 0.632. The molecule has 1 aliphatic carbocycles. The number of halogens is 1. The van der Waals surface area contributed by atoms with Crippen molar-refractivity contribution in [3.05, 3.63) is 23.2 Å². The van der Waals surface area contributed by atoms with E-state index in [2.05, 4.69) is 5.32 Å². The van der Waals surface area contributed by atoms with Crippen LogP contribution in [0.1, 0.15) is 51.9 Å². The van der Waals surface area contributed by atoms with Gasteiger partial charge in [-0.1, -0.05) is 43.7 Å². The van der Waals surface area contributed by atoms with E-state index in [4.69, 9.17) is 16.3 Å². The lowest BCUT2D eigenvalue weighted by atomic mass is 9.97. The lowest BCUT2D eigenvalue weighted by molar-refractivity contribution is -0.122. The van der Waals surface area contributed by atoms with E-state index < -0.39 is 10.0 Å². The van der Waals surface area contributed by atoms with Gasteiger partial charge in [-0.2, -0.15) is 4.31 Å². The highest BCUT2D eigenvalue weighted by Crippen LogP contribution is 2.29. The van der Waals surface area contributed by atoms with Gasteiger partial charge in [-0.15, -0.1) is 0 Å². The predicted octanol–water partition coefficient (Wildman–Crippen LogP) is 3.59. The number of hydrogen-bond acceptors (Lipinski definition) is 4. The molecule has 0 saturated heterocycles. The summed E-state index contributed by atoms with van der Waals surface area (Å²) < 4.78 is 32.3. The smallest absolute Gasteiger partial charge is 0.247 e. The lowest BCUT2D eigenvalue weighted by Gasteiger charge is -2.23. The fourth-order valence-electron chi connectivity index (χ4n) is 3.29. The summed E-state index contributed by atoms with van der Waals surface area (Å²) in [6.07, 6.45) is 7.73. The van der Waals surface area contributed by atoms with E-state index in [0.717, 1.165) is 30.0 Å². The Bertz CT molecular complexity index is 731. The molecular formula is C19H29ClN2O4S. The van der Waals surface area contributed by atoms with Crippen LogP contribution in [-0.2, 0) is 14.8 Å². The molecule has 0 unspecified atom stereocenters. The number of rotatable bonds is 7. The first-order chi connectivity index (χ1) is 12.8. The van der Waals surface area contributed by atoms with Crippen molar-refractivity contribution in [1.82, 2.24) is 9.62 Å². The quantitative estimate of drug-likeness (QED) is 0.736. The van der Waals surface area contributed by atoms with Gasteiger partial charge in [0.15, 0.2) is 0 Å². The number of nitrogens with zero attached hydrogens (tertiary/aromatic N) is 1. The molecule has 0 atom stereocenters. The number of sulfonamides is 1. The van der Waals surface area contributed by atoms with Crippen LogP contribution in [0.2, 0.25) is 5.02 Å². The molecule has 152 valence electrons. The summed E-state index contributed by atoms with van der Waals surface area (Å²) in [7, 11) is -2.51. The van der Waals surface area contributed by atoms with E-state index in [0.29, 0.717) is 11.6 Å². The first-order valence-corrected chi connectivity index (χ1v) is 11.3. The second-order valence-electron chi connectivity index (χ2n) is 6.89. The minimum atomic E-state index is -3.90. The van der Waals surface area contributed by atoms with Gasteiger partial charge < -0.3 is 10.1 Å². The van der Waals surface area contributed by atoms with E-state index in [1.54, 1.807) is 13.0 Å². The van der Waals surface area contributed by atoms with Gasteiger partial charge in [0.25, 0.3) is 0 Å². The Morgan fingerprint density at radius 1 is 1.22 bits per heavy atom. The number of carbonyl (C=O) groups is 1. The van der Waals surface area contributed by atoms with Gasteiger partial charge >= 0.3 is 0 Å². The van der Waals surface area contributed by atoms with Gasteiger partial charge in [-0.05, 0) is 38.0 Å². The number of likely N-dealkylation sites (N-methyl/N-ethyl adjacent to an activating group) is 1. The zero-order valence-corrected chi connectivity index (χ0v) is 17.6. The van der Waals surface area contributed by atoms with Gasteiger partial charge in [-0.25, -0.2) is 8.42 Å². The first kappa shape index (κ1) is 22.0. The van der Waals surface area contributed by atoms with Crippen LogP contribution >= 0.6 is 11.6 Å². The highest BCUT2D eigenvalue weighted by molar-refractivity contribution is 7.89. The highest BCUT2D eigenvalue weighted by atomic mass is 35.5. The summed E-state index contributed by atoms with van der Waals surface area (Å²) in [5, 5.41) is 3.29. The Morgan fingerprint density at radius 2 is 1.85 bits per heavy atom. The standard InChI is InChI=1S/C19H29ClN2O4S/c1-3-26-17-12-11-15(20)13-18(17)27(24,25)22(2)14-19(23)21-16-9-7-5-4-6-8-10-16/h11-13,16H,3-10,14H2,1-2H3,(H,21,23). The third-order valence-corrected chi connectivity index (χ3v) is 6.79.